The number of imidazole rings is 1. The monoisotopic (exact) mass is 340 g/mol. The van der Waals surface area contributed by atoms with Crippen LogP contribution in [0, 0.1) is 0 Å². The highest BCUT2D eigenvalue weighted by atomic mass is 16.3. The molecule has 0 aliphatic carbocycles. The van der Waals surface area contributed by atoms with Crippen molar-refractivity contribution in [2.45, 2.75) is 49.9 Å². The van der Waals surface area contributed by atoms with Gasteiger partial charge in [-0.3, -0.25) is 0 Å². The molecule has 2 bridgehead atoms. The summed E-state index contributed by atoms with van der Waals surface area (Å²) in [5.74, 6) is 0.703. The molecular weight excluding hydrogens is 316 g/mol. The fraction of sp³-hybridized carbons (Fsp3) is 0.474. The number of carbonyl (C=O) groups is 1. The predicted octanol–water partition coefficient (Wildman–Crippen LogP) is 2.14. The Hall–Kier alpha value is -2.34. The van der Waals surface area contributed by atoms with Crippen molar-refractivity contribution < 1.29 is 9.90 Å². The highest BCUT2D eigenvalue weighted by Crippen LogP contribution is 2.45. The Morgan fingerprint density at radius 3 is 2.56 bits per heavy atom. The van der Waals surface area contributed by atoms with Crippen LogP contribution in [0.3, 0.4) is 0 Å². The van der Waals surface area contributed by atoms with E-state index in [0.717, 1.165) is 18.4 Å². The number of hydrogen-bond donors (Lipinski definition) is 2. The van der Waals surface area contributed by atoms with Crippen molar-refractivity contribution in [3.8, 4) is 0 Å². The van der Waals surface area contributed by atoms with E-state index in [0.29, 0.717) is 25.2 Å². The molecule has 2 aliphatic heterocycles. The quantitative estimate of drug-likeness (QED) is 0.899. The van der Waals surface area contributed by atoms with E-state index in [1.165, 1.54) is 0 Å². The molecule has 0 spiro atoms. The molecule has 0 unspecified atom stereocenters. The van der Waals surface area contributed by atoms with Crippen LogP contribution >= 0.6 is 0 Å². The van der Waals surface area contributed by atoms with Crippen LogP contribution in [0.2, 0.25) is 0 Å². The number of nitrogens with one attached hydrogen (secondary N) is 1. The zero-order valence-electron chi connectivity index (χ0n) is 14.4. The maximum Gasteiger partial charge on any atom is 0.318 e. The number of aromatic nitrogens is 2. The topological polar surface area (TPSA) is 70.4 Å². The van der Waals surface area contributed by atoms with Crippen LogP contribution < -0.4 is 5.32 Å². The molecule has 6 heteroatoms. The van der Waals surface area contributed by atoms with E-state index in [2.05, 4.69) is 10.3 Å². The van der Waals surface area contributed by atoms with E-state index in [1.807, 2.05) is 53.0 Å². The summed E-state index contributed by atoms with van der Waals surface area (Å²) in [7, 11) is 1.90. The SMILES string of the molecule is Cn1ccnc1C1(O)C[C@@H]2CC[C@@H](C1)N2C(=O)NCc1ccccc1. The number of rotatable bonds is 3. The summed E-state index contributed by atoms with van der Waals surface area (Å²) < 4.78 is 1.88. The molecule has 2 atom stereocenters. The van der Waals surface area contributed by atoms with Crippen molar-refractivity contribution in [2.24, 2.45) is 7.05 Å². The van der Waals surface area contributed by atoms with Gasteiger partial charge in [0.1, 0.15) is 11.4 Å². The van der Waals surface area contributed by atoms with E-state index < -0.39 is 5.60 Å². The van der Waals surface area contributed by atoms with Gasteiger partial charge in [-0.1, -0.05) is 30.3 Å². The molecule has 25 heavy (non-hydrogen) atoms. The Labute approximate surface area is 147 Å². The fourth-order valence-electron chi connectivity index (χ4n) is 4.42. The van der Waals surface area contributed by atoms with Crippen LogP contribution in [0.15, 0.2) is 42.7 Å². The molecule has 2 amide bonds. The highest BCUT2D eigenvalue weighted by Gasteiger charge is 2.51. The molecule has 2 N–H and O–H groups in total. The number of benzene rings is 1. The molecule has 2 saturated heterocycles. The summed E-state index contributed by atoms with van der Waals surface area (Å²) in [5, 5.41) is 14.2. The number of urea groups is 1. The molecule has 2 aliphatic rings. The van der Waals surface area contributed by atoms with Gasteiger partial charge in [-0.05, 0) is 18.4 Å². The second-order valence-corrected chi connectivity index (χ2v) is 7.24. The largest absolute Gasteiger partial charge is 0.382 e. The molecule has 3 heterocycles. The van der Waals surface area contributed by atoms with Crippen LogP contribution in [-0.2, 0) is 19.2 Å². The Morgan fingerprint density at radius 2 is 1.96 bits per heavy atom. The van der Waals surface area contributed by atoms with Crippen molar-refractivity contribution in [3.63, 3.8) is 0 Å². The second-order valence-electron chi connectivity index (χ2n) is 7.24. The molecule has 6 nitrogen and oxygen atoms in total. The molecule has 0 saturated carbocycles. The lowest BCUT2D eigenvalue weighted by Crippen LogP contribution is -2.55. The summed E-state index contributed by atoms with van der Waals surface area (Å²) in [5.41, 5.74) is 0.144. The molecule has 4 rings (SSSR count). The van der Waals surface area contributed by atoms with Crippen LogP contribution in [0.1, 0.15) is 37.1 Å². The van der Waals surface area contributed by atoms with Crippen LogP contribution in [-0.4, -0.2) is 37.7 Å². The Morgan fingerprint density at radius 1 is 1.28 bits per heavy atom. The standard InChI is InChI=1S/C19H24N4O2/c1-22-10-9-20-17(22)19(25)11-15-7-8-16(12-19)23(15)18(24)21-13-14-5-3-2-4-6-14/h2-6,9-10,15-16,25H,7-8,11-13H2,1H3,(H,21,24)/t15-,16-/m0/s1. The molecule has 2 aromatic rings. The van der Waals surface area contributed by atoms with E-state index >= 15 is 0 Å². The van der Waals surface area contributed by atoms with E-state index in [1.54, 1.807) is 6.20 Å². The molecule has 1 aromatic heterocycles. The van der Waals surface area contributed by atoms with Gasteiger partial charge in [-0.2, -0.15) is 0 Å². The number of aliphatic hydroxyl groups is 1. The van der Waals surface area contributed by atoms with Gasteiger partial charge in [0.15, 0.2) is 0 Å². The summed E-state index contributed by atoms with van der Waals surface area (Å²) in [4.78, 5) is 19.0. The van der Waals surface area contributed by atoms with Crippen molar-refractivity contribution in [3.05, 3.63) is 54.1 Å². The van der Waals surface area contributed by atoms with Gasteiger partial charge >= 0.3 is 6.03 Å². The molecule has 132 valence electrons. The summed E-state index contributed by atoms with van der Waals surface area (Å²) in [6.45, 7) is 0.527. The smallest absolute Gasteiger partial charge is 0.318 e. The summed E-state index contributed by atoms with van der Waals surface area (Å²) >= 11 is 0. The number of nitrogens with zero attached hydrogens (tertiary/aromatic N) is 3. The maximum atomic E-state index is 12.7. The van der Waals surface area contributed by atoms with E-state index in [-0.39, 0.29) is 18.1 Å². The first-order valence-corrected chi connectivity index (χ1v) is 8.87. The normalized spacial score (nSPS) is 28.2. The van der Waals surface area contributed by atoms with Gasteiger partial charge in [0.05, 0.1) is 0 Å². The van der Waals surface area contributed by atoms with E-state index in [4.69, 9.17) is 0 Å². The summed E-state index contributed by atoms with van der Waals surface area (Å²) in [6, 6.07) is 10.0. The van der Waals surface area contributed by atoms with Crippen molar-refractivity contribution in [1.82, 2.24) is 19.8 Å². The first-order valence-electron chi connectivity index (χ1n) is 8.87. The highest BCUT2D eigenvalue weighted by molar-refractivity contribution is 5.75. The lowest BCUT2D eigenvalue weighted by molar-refractivity contribution is -0.0519. The minimum atomic E-state index is -0.944. The Balaban J connectivity index is 1.45. The number of hydrogen-bond acceptors (Lipinski definition) is 3. The van der Waals surface area contributed by atoms with Crippen molar-refractivity contribution in [2.75, 3.05) is 0 Å². The second kappa shape index (κ2) is 6.19. The predicted molar refractivity (Wildman–Crippen MR) is 93.7 cm³/mol. The van der Waals surface area contributed by atoms with Gasteiger partial charge < -0.3 is 19.9 Å². The molecule has 1 aromatic carbocycles. The number of piperidine rings is 1. The lowest BCUT2D eigenvalue weighted by atomic mass is 9.85. The minimum absolute atomic E-state index is 0.0294. The van der Waals surface area contributed by atoms with Crippen LogP contribution in [0.4, 0.5) is 4.79 Å². The van der Waals surface area contributed by atoms with Crippen molar-refractivity contribution in [1.29, 1.82) is 0 Å². The van der Waals surface area contributed by atoms with E-state index in [9.17, 15) is 9.90 Å². The van der Waals surface area contributed by atoms with Gasteiger partial charge in [0, 0.05) is 50.9 Å². The first-order chi connectivity index (χ1) is 12.1. The number of fused-ring (bicyclic) bond motifs is 2. The van der Waals surface area contributed by atoms with Gasteiger partial charge in [0.25, 0.3) is 0 Å². The fourth-order valence-corrected chi connectivity index (χ4v) is 4.42. The van der Waals surface area contributed by atoms with Gasteiger partial charge in [0.2, 0.25) is 0 Å². The van der Waals surface area contributed by atoms with Crippen LogP contribution in [0.5, 0.6) is 0 Å². The molecule has 2 fully saturated rings. The third kappa shape index (κ3) is 2.91. The number of carbonyl (C=O) groups excluding carboxylic acids is 1. The Kier molecular flexibility index (Phi) is 4.00. The number of amides is 2. The average molecular weight is 340 g/mol. The zero-order valence-corrected chi connectivity index (χ0v) is 14.4. The van der Waals surface area contributed by atoms with Crippen LogP contribution in [0.25, 0.3) is 0 Å². The zero-order chi connectivity index (χ0) is 17.4. The van der Waals surface area contributed by atoms with Gasteiger partial charge in [-0.15, -0.1) is 0 Å². The number of aryl methyl sites for hydroxylation is 1. The van der Waals surface area contributed by atoms with Gasteiger partial charge in [-0.25, -0.2) is 9.78 Å². The Bertz CT molecular complexity index is 744. The lowest BCUT2D eigenvalue weighted by Gasteiger charge is -2.43. The first kappa shape index (κ1) is 16.1. The molecular formula is C19H24N4O2. The minimum Gasteiger partial charge on any atom is -0.382 e. The summed E-state index contributed by atoms with van der Waals surface area (Å²) in [6.07, 6.45) is 6.55. The average Bonchev–Trinajstić information content (AvgIpc) is 3.16. The molecule has 0 radical (unpaired) electrons. The third-order valence-electron chi connectivity index (χ3n) is 5.53. The van der Waals surface area contributed by atoms with Crippen molar-refractivity contribution >= 4 is 6.03 Å². The maximum absolute atomic E-state index is 12.7. The third-order valence-corrected chi connectivity index (χ3v) is 5.53.